The number of nitrogens with zero attached hydrogens (tertiary/aromatic N) is 1. The molecule has 0 aliphatic carbocycles. The van der Waals surface area contributed by atoms with Crippen LogP contribution in [-0.2, 0) is 4.74 Å². The van der Waals surface area contributed by atoms with E-state index in [1.54, 1.807) is 7.11 Å². The molecule has 100 valence electrons. The molecule has 3 nitrogen and oxygen atoms in total. The maximum Gasteiger partial charge on any atom is 0.166 e. The second-order valence-electron chi connectivity index (χ2n) is 4.88. The van der Waals surface area contributed by atoms with E-state index in [1.807, 2.05) is 44.3 Å². The highest BCUT2D eigenvalue weighted by Crippen LogP contribution is 2.11. The molecule has 1 aromatic rings. The first-order valence-electron chi connectivity index (χ1n) is 6.34. The summed E-state index contributed by atoms with van der Waals surface area (Å²) in [4.78, 5) is 14.4. The highest BCUT2D eigenvalue weighted by Gasteiger charge is 2.19. The lowest BCUT2D eigenvalue weighted by molar-refractivity contribution is 0.0823. The third-order valence-corrected chi connectivity index (χ3v) is 3.23. The number of likely N-dealkylation sites (N-methyl/N-ethyl adjacent to an activating group) is 1. The van der Waals surface area contributed by atoms with Crippen molar-refractivity contribution in [3.05, 3.63) is 35.9 Å². The lowest BCUT2D eigenvalue weighted by Gasteiger charge is -2.26. The number of benzene rings is 1. The summed E-state index contributed by atoms with van der Waals surface area (Å²) in [7, 11) is 3.72. The molecular weight excluding hydrogens is 226 g/mol. The minimum absolute atomic E-state index is 0.00305. The molecule has 0 heterocycles. The smallest absolute Gasteiger partial charge is 0.166 e. The Labute approximate surface area is 110 Å². The van der Waals surface area contributed by atoms with Crippen LogP contribution in [0.1, 0.15) is 24.2 Å². The summed E-state index contributed by atoms with van der Waals surface area (Å²) >= 11 is 0. The van der Waals surface area contributed by atoms with Gasteiger partial charge in [-0.1, -0.05) is 37.3 Å². The Hall–Kier alpha value is -1.19. The van der Waals surface area contributed by atoms with E-state index in [-0.39, 0.29) is 11.7 Å². The topological polar surface area (TPSA) is 29.5 Å². The summed E-state index contributed by atoms with van der Waals surface area (Å²) in [6.45, 7) is 5.51. The van der Waals surface area contributed by atoms with Gasteiger partial charge in [0.05, 0.1) is 6.61 Å². The number of methoxy groups -OCH3 is 1. The van der Waals surface area contributed by atoms with Crippen molar-refractivity contribution in [3.63, 3.8) is 0 Å². The van der Waals surface area contributed by atoms with Crippen LogP contribution >= 0.6 is 0 Å². The van der Waals surface area contributed by atoms with Crippen LogP contribution in [-0.4, -0.2) is 44.0 Å². The molecule has 2 atom stereocenters. The molecule has 0 N–H and O–H groups in total. The van der Waals surface area contributed by atoms with Gasteiger partial charge >= 0.3 is 0 Å². The molecule has 0 aromatic heterocycles. The zero-order chi connectivity index (χ0) is 13.5. The average Bonchev–Trinajstić information content (AvgIpc) is 2.39. The van der Waals surface area contributed by atoms with Gasteiger partial charge in [0.15, 0.2) is 5.78 Å². The molecule has 0 bridgehead atoms. The predicted octanol–water partition coefficient (Wildman–Crippen LogP) is 2.47. The van der Waals surface area contributed by atoms with Crippen molar-refractivity contribution in [2.24, 2.45) is 5.92 Å². The van der Waals surface area contributed by atoms with Gasteiger partial charge in [0, 0.05) is 31.2 Å². The van der Waals surface area contributed by atoms with Gasteiger partial charge < -0.3 is 9.64 Å². The zero-order valence-corrected chi connectivity index (χ0v) is 11.7. The van der Waals surface area contributed by atoms with Gasteiger partial charge in [-0.15, -0.1) is 0 Å². The largest absolute Gasteiger partial charge is 0.383 e. The fourth-order valence-corrected chi connectivity index (χ4v) is 1.95. The van der Waals surface area contributed by atoms with Gasteiger partial charge in [-0.3, -0.25) is 4.79 Å². The molecule has 0 radical (unpaired) electrons. The Morgan fingerprint density at radius 3 is 2.44 bits per heavy atom. The molecule has 1 aromatic carbocycles. The zero-order valence-electron chi connectivity index (χ0n) is 11.7. The summed E-state index contributed by atoms with van der Waals surface area (Å²) in [5, 5.41) is 0. The molecule has 0 aliphatic heterocycles. The molecule has 0 saturated heterocycles. The van der Waals surface area contributed by atoms with E-state index in [4.69, 9.17) is 4.74 Å². The number of hydrogen-bond donors (Lipinski definition) is 0. The minimum Gasteiger partial charge on any atom is -0.383 e. The monoisotopic (exact) mass is 249 g/mol. The quantitative estimate of drug-likeness (QED) is 0.695. The fourth-order valence-electron chi connectivity index (χ4n) is 1.95. The number of carbonyl (C=O) groups excluding carboxylic acids is 1. The third-order valence-electron chi connectivity index (χ3n) is 3.23. The van der Waals surface area contributed by atoms with Gasteiger partial charge in [0.25, 0.3) is 0 Å². The lowest BCUT2D eigenvalue weighted by Crippen LogP contribution is -2.37. The van der Waals surface area contributed by atoms with E-state index in [0.717, 1.165) is 12.1 Å². The van der Waals surface area contributed by atoms with Crippen LogP contribution < -0.4 is 0 Å². The maximum absolute atomic E-state index is 12.2. The highest BCUT2D eigenvalue weighted by molar-refractivity contribution is 5.97. The summed E-state index contributed by atoms with van der Waals surface area (Å²) in [5.74, 6) is 0.198. The van der Waals surface area contributed by atoms with Crippen molar-refractivity contribution in [2.75, 3.05) is 27.3 Å². The molecule has 1 rings (SSSR count). The molecule has 3 heteroatoms. The Bertz CT molecular complexity index is 364. The number of rotatable bonds is 7. The van der Waals surface area contributed by atoms with E-state index in [9.17, 15) is 4.79 Å². The first-order chi connectivity index (χ1) is 8.56. The normalized spacial score (nSPS) is 14.5. The van der Waals surface area contributed by atoms with E-state index >= 15 is 0 Å². The lowest BCUT2D eigenvalue weighted by atomic mass is 9.98. The van der Waals surface area contributed by atoms with E-state index in [1.165, 1.54) is 0 Å². The molecule has 18 heavy (non-hydrogen) atoms. The van der Waals surface area contributed by atoms with Gasteiger partial charge in [-0.25, -0.2) is 0 Å². The Morgan fingerprint density at radius 2 is 1.89 bits per heavy atom. The van der Waals surface area contributed by atoms with Crippen LogP contribution in [0.15, 0.2) is 30.3 Å². The number of Topliss-reactive ketones (excluding diaryl/α,β-unsaturated/α-hetero) is 1. The van der Waals surface area contributed by atoms with Gasteiger partial charge in [0.2, 0.25) is 0 Å². The van der Waals surface area contributed by atoms with Crippen LogP contribution in [0.2, 0.25) is 0 Å². The predicted molar refractivity (Wildman–Crippen MR) is 73.9 cm³/mol. The van der Waals surface area contributed by atoms with Gasteiger partial charge in [-0.2, -0.15) is 0 Å². The summed E-state index contributed by atoms with van der Waals surface area (Å²) in [6.07, 6.45) is 0. The third kappa shape index (κ3) is 4.24. The van der Waals surface area contributed by atoms with Crippen molar-refractivity contribution in [3.8, 4) is 0 Å². The van der Waals surface area contributed by atoms with Gasteiger partial charge in [-0.05, 0) is 14.0 Å². The Kier molecular flexibility index (Phi) is 6.02. The van der Waals surface area contributed by atoms with Crippen LogP contribution in [0.3, 0.4) is 0 Å². The second-order valence-corrected chi connectivity index (χ2v) is 4.88. The van der Waals surface area contributed by atoms with Gasteiger partial charge in [0.1, 0.15) is 0 Å². The molecule has 0 fully saturated rings. The van der Waals surface area contributed by atoms with Crippen LogP contribution in [0.5, 0.6) is 0 Å². The first kappa shape index (κ1) is 14.9. The van der Waals surface area contributed by atoms with E-state index in [2.05, 4.69) is 11.8 Å². The molecular formula is C15H23NO2. The number of ketones is 1. The first-order valence-corrected chi connectivity index (χ1v) is 6.34. The number of ether oxygens (including phenoxy) is 1. The maximum atomic E-state index is 12.2. The van der Waals surface area contributed by atoms with Crippen molar-refractivity contribution < 1.29 is 9.53 Å². The van der Waals surface area contributed by atoms with E-state index in [0.29, 0.717) is 12.6 Å². The fraction of sp³-hybridized carbons (Fsp3) is 0.533. The van der Waals surface area contributed by atoms with Crippen LogP contribution in [0, 0.1) is 5.92 Å². The minimum atomic E-state index is -0.00305. The molecule has 0 amide bonds. The Morgan fingerprint density at radius 1 is 1.28 bits per heavy atom. The van der Waals surface area contributed by atoms with E-state index < -0.39 is 0 Å². The summed E-state index contributed by atoms with van der Waals surface area (Å²) in [6, 6.07) is 9.79. The SMILES string of the molecule is COCC(C)N(C)CC(C)C(=O)c1ccccc1. The molecule has 0 saturated carbocycles. The molecule has 0 spiro atoms. The van der Waals surface area contributed by atoms with Crippen molar-refractivity contribution in [1.29, 1.82) is 0 Å². The molecule has 0 aliphatic rings. The molecule has 2 unspecified atom stereocenters. The highest BCUT2D eigenvalue weighted by atomic mass is 16.5. The standard InChI is InChI=1S/C15H23NO2/c1-12(10-16(3)13(2)11-18-4)15(17)14-8-6-5-7-9-14/h5-9,12-13H,10-11H2,1-4H3. The van der Waals surface area contributed by atoms with Crippen LogP contribution in [0.4, 0.5) is 0 Å². The summed E-state index contributed by atoms with van der Waals surface area (Å²) < 4.78 is 5.12. The summed E-state index contributed by atoms with van der Waals surface area (Å²) in [5.41, 5.74) is 0.790. The second kappa shape index (κ2) is 7.29. The number of carbonyl (C=O) groups is 1. The average molecular weight is 249 g/mol. The van der Waals surface area contributed by atoms with Crippen molar-refractivity contribution in [1.82, 2.24) is 4.90 Å². The van der Waals surface area contributed by atoms with Crippen molar-refractivity contribution >= 4 is 5.78 Å². The number of hydrogen-bond acceptors (Lipinski definition) is 3. The van der Waals surface area contributed by atoms with Crippen molar-refractivity contribution in [2.45, 2.75) is 19.9 Å². The van der Waals surface area contributed by atoms with Crippen LogP contribution in [0.25, 0.3) is 0 Å². The Balaban J connectivity index is 2.55.